The molecule has 24 heavy (non-hydrogen) atoms. The third kappa shape index (κ3) is 3.46. The van der Waals surface area contributed by atoms with Crippen LogP contribution < -0.4 is 9.03 Å². The zero-order chi connectivity index (χ0) is 17.3. The first-order chi connectivity index (χ1) is 11.4. The van der Waals surface area contributed by atoms with E-state index in [-0.39, 0.29) is 0 Å². The van der Waals surface area contributed by atoms with E-state index in [1.807, 2.05) is 0 Å². The van der Waals surface area contributed by atoms with E-state index in [4.69, 9.17) is 0 Å². The molecule has 0 spiro atoms. The van der Waals surface area contributed by atoms with Crippen molar-refractivity contribution in [1.29, 1.82) is 0 Å². The van der Waals surface area contributed by atoms with Gasteiger partial charge in [-0.2, -0.15) is 8.42 Å². The van der Waals surface area contributed by atoms with Crippen LogP contribution in [0.25, 0.3) is 0 Å². The Bertz CT molecular complexity index is 724. The zero-order valence-corrected chi connectivity index (χ0v) is 14.0. The smallest absolute Gasteiger partial charge is 0.326 e. The number of benzene rings is 1. The molecule has 0 aromatic heterocycles. The summed E-state index contributed by atoms with van der Waals surface area (Å²) in [5.74, 6) is -2.10. The van der Waals surface area contributed by atoms with Gasteiger partial charge in [-0.25, -0.2) is 13.4 Å². The summed E-state index contributed by atoms with van der Waals surface area (Å²) in [6, 6.07) is 2.58. The fourth-order valence-electron chi connectivity index (χ4n) is 3.15. The van der Waals surface area contributed by atoms with Crippen LogP contribution in [-0.2, 0) is 21.4 Å². The summed E-state index contributed by atoms with van der Waals surface area (Å²) in [7, 11) is -4.15. The summed E-state index contributed by atoms with van der Waals surface area (Å²) >= 11 is 0. The monoisotopic (exact) mass is 357 g/mol. The van der Waals surface area contributed by atoms with Crippen LogP contribution in [0.4, 0.5) is 10.1 Å². The molecule has 0 radical (unpaired) electrons. The fourth-order valence-corrected chi connectivity index (χ4v) is 4.32. The molecule has 2 aliphatic heterocycles. The Hall–Kier alpha value is -1.87. The van der Waals surface area contributed by atoms with Crippen LogP contribution in [0.15, 0.2) is 12.1 Å². The molecule has 0 aliphatic carbocycles. The Morgan fingerprint density at radius 3 is 2.50 bits per heavy atom. The average Bonchev–Trinajstić information content (AvgIpc) is 2.78. The molecule has 1 aromatic rings. The van der Waals surface area contributed by atoms with E-state index < -0.39 is 39.9 Å². The number of aromatic hydroxyl groups is 1. The van der Waals surface area contributed by atoms with Gasteiger partial charge in [-0.05, 0) is 50.0 Å². The summed E-state index contributed by atoms with van der Waals surface area (Å²) in [5.41, 5.74) is 0.102. The Labute approximate surface area is 140 Å². The van der Waals surface area contributed by atoms with Gasteiger partial charge in [0, 0.05) is 6.54 Å². The normalized spacial score (nSPS) is 21.0. The first kappa shape index (κ1) is 17.0. The number of phenolic OH excluding ortho intramolecular Hbond substituents is 1. The highest BCUT2D eigenvalue weighted by molar-refractivity contribution is 7.92. The van der Waals surface area contributed by atoms with Crippen LogP contribution in [0, 0.1) is 5.82 Å². The quantitative estimate of drug-likeness (QED) is 0.830. The number of hydrogen-bond acceptors (Lipinski definition) is 5. The number of carbonyl (C=O) groups excluding carboxylic acids is 1. The Morgan fingerprint density at radius 2 is 1.92 bits per heavy atom. The van der Waals surface area contributed by atoms with Crippen molar-refractivity contribution >= 4 is 21.8 Å². The number of likely N-dealkylation sites (tertiary alicyclic amines) is 1. The highest BCUT2D eigenvalue weighted by atomic mass is 32.2. The molecule has 0 bridgehead atoms. The van der Waals surface area contributed by atoms with Gasteiger partial charge in [-0.15, -0.1) is 0 Å². The number of piperidine rings is 1. The van der Waals surface area contributed by atoms with Gasteiger partial charge >= 0.3 is 10.2 Å². The van der Waals surface area contributed by atoms with Gasteiger partial charge in [0.25, 0.3) is 5.91 Å². The minimum absolute atomic E-state index is 0.483. The maximum absolute atomic E-state index is 14.4. The second-order valence-corrected chi connectivity index (χ2v) is 7.73. The van der Waals surface area contributed by atoms with Crippen molar-refractivity contribution in [3.63, 3.8) is 0 Å². The van der Waals surface area contributed by atoms with Gasteiger partial charge in [0.2, 0.25) is 0 Å². The third-order valence-corrected chi connectivity index (χ3v) is 5.72. The van der Waals surface area contributed by atoms with E-state index in [9.17, 15) is 22.7 Å². The molecule has 7 nitrogen and oxygen atoms in total. The maximum Gasteiger partial charge on any atom is 0.326 e. The molecular weight excluding hydrogens is 337 g/mol. The van der Waals surface area contributed by atoms with Crippen LogP contribution in [0.3, 0.4) is 0 Å². The lowest BCUT2D eigenvalue weighted by atomic mass is 10.1. The number of amides is 1. The van der Waals surface area contributed by atoms with Crippen molar-refractivity contribution in [2.24, 2.45) is 0 Å². The van der Waals surface area contributed by atoms with Gasteiger partial charge < -0.3 is 10.0 Å². The second kappa shape index (κ2) is 6.56. The largest absolute Gasteiger partial charge is 0.506 e. The fraction of sp³-hybridized carbons (Fsp3) is 0.533. The number of carbonyl (C=O) groups is 1. The van der Waals surface area contributed by atoms with Gasteiger partial charge in [-0.3, -0.25) is 4.79 Å². The highest BCUT2D eigenvalue weighted by Crippen LogP contribution is 2.34. The minimum Gasteiger partial charge on any atom is -0.506 e. The Morgan fingerprint density at radius 1 is 1.21 bits per heavy atom. The molecule has 0 unspecified atom stereocenters. The number of nitrogens with one attached hydrogen (secondary N) is 1. The van der Waals surface area contributed by atoms with Gasteiger partial charge in [-0.1, -0.05) is 6.42 Å². The molecule has 2 fully saturated rings. The summed E-state index contributed by atoms with van der Waals surface area (Å²) in [4.78, 5) is 13.6. The van der Waals surface area contributed by atoms with Crippen molar-refractivity contribution in [1.82, 2.24) is 9.62 Å². The summed E-state index contributed by atoms with van der Waals surface area (Å²) in [5, 5.41) is 10.1. The number of rotatable bonds is 4. The number of anilines is 1. The number of hydrogen-bond donors (Lipinski definition) is 2. The predicted molar refractivity (Wildman–Crippen MR) is 86.5 cm³/mol. The molecule has 2 N–H and O–H groups in total. The molecule has 1 aromatic carbocycles. The average molecular weight is 357 g/mol. The van der Waals surface area contributed by atoms with Crippen LogP contribution in [0.5, 0.6) is 5.75 Å². The van der Waals surface area contributed by atoms with Crippen molar-refractivity contribution < 1.29 is 22.7 Å². The van der Waals surface area contributed by atoms with E-state index in [1.54, 1.807) is 4.72 Å². The molecule has 9 heteroatoms. The van der Waals surface area contributed by atoms with Gasteiger partial charge in [0.15, 0.2) is 5.82 Å². The number of nitrogens with zero attached hydrogens (tertiary/aromatic N) is 2. The van der Waals surface area contributed by atoms with Crippen molar-refractivity contribution in [3.05, 3.63) is 23.5 Å². The molecule has 2 aliphatic rings. The third-order valence-electron chi connectivity index (χ3n) is 4.34. The number of phenols is 1. The Balaban J connectivity index is 1.77. The summed E-state index contributed by atoms with van der Waals surface area (Å²) in [6.07, 6.45) is 4.12. The molecule has 2 saturated heterocycles. The lowest BCUT2D eigenvalue weighted by Crippen LogP contribution is -2.31. The topological polar surface area (TPSA) is 90.0 Å². The molecule has 1 amide bonds. The van der Waals surface area contributed by atoms with Crippen LogP contribution in [0.2, 0.25) is 0 Å². The second-order valence-electron chi connectivity index (χ2n) is 6.13. The first-order valence-electron chi connectivity index (χ1n) is 7.94. The lowest BCUT2D eigenvalue weighted by Gasteiger charge is -2.26. The molecule has 132 valence electrons. The minimum atomic E-state index is -4.15. The number of halogens is 1. The molecule has 3 rings (SSSR count). The molecule has 0 saturated carbocycles. The van der Waals surface area contributed by atoms with E-state index in [1.165, 1.54) is 18.6 Å². The van der Waals surface area contributed by atoms with Crippen LogP contribution in [0.1, 0.15) is 24.8 Å². The summed E-state index contributed by atoms with van der Waals surface area (Å²) in [6.45, 7) is 2.26. The molecule has 2 heterocycles. The van der Waals surface area contributed by atoms with Crippen LogP contribution in [-0.4, -0.2) is 50.5 Å². The maximum atomic E-state index is 14.4. The SMILES string of the molecule is O=C1CN(c2c(O)cc(CCN3CCCCC3)cc2F)S(=O)(=O)N1. The lowest BCUT2D eigenvalue weighted by molar-refractivity contribution is -0.117. The van der Waals surface area contributed by atoms with Gasteiger partial charge in [0.1, 0.15) is 18.0 Å². The van der Waals surface area contributed by atoms with Crippen molar-refractivity contribution in [2.75, 3.05) is 30.5 Å². The zero-order valence-electron chi connectivity index (χ0n) is 13.2. The van der Waals surface area contributed by atoms with E-state index in [2.05, 4.69) is 4.90 Å². The summed E-state index contributed by atoms with van der Waals surface area (Å²) < 4.78 is 40.3. The van der Waals surface area contributed by atoms with E-state index in [0.717, 1.165) is 32.5 Å². The molecular formula is C15H20FN3O4S. The standard InChI is InChI=1S/C15H20FN3O4S/c16-12-8-11(4-7-18-5-2-1-3-6-18)9-13(20)15(12)19-10-14(21)17-24(19,22)23/h8-9,20H,1-7,10H2,(H,17,21). The van der Waals surface area contributed by atoms with E-state index in [0.29, 0.717) is 16.3 Å². The van der Waals surface area contributed by atoms with Crippen molar-refractivity contribution in [2.45, 2.75) is 25.7 Å². The van der Waals surface area contributed by atoms with Crippen molar-refractivity contribution in [3.8, 4) is 5.75 Å². The highest BCUT2D eigenvalue weighted by Gasteiger charge is 2.37. The Kier molecular flexibility index (Phi) is 4.64. The predicted octanol–water partition coefficient (Wildman–Crippen LogP) is 0.741. The first-order valence-corrected chi connectivity index (χ1v) is 9.38. The van der Waals surface area contributed by atoms with Crippen LogP contribution >= 0.6 is 0 Å². The molecule has 0 atom stereocenters. The van der Waals surface area contributed by atoms with E-state index >= 15 is 0 Å². The van der Waals surface area contributed by atoms with Gasteiger partial charge in [0.05, 0.1) is 0 Å².